The van der Waals surface area contributed by atoms with Crippen molar-refractivity contribution >= 4 is 56.5 Å². The Morgan fingerprint density at radius 1 is 0.952 bits per heavy atom. The van der Waals surface area contributed by atoms with Gasteiger partial charge in [0.15, 0.2) is 17.4 Å². The number of piperazine rings is 1. The molecule has 4 unspecified atom stereocenters. The van der Waals surface area contributed by atoms with E-state index in [1.807, 2.05) is 81.7 Å². The molecule has 9 heterocycles. The number of pyridine rings is 1. The molecule has 438 valence electrons. The number of benzene rings is 3. The third-order valence-electron chi connectivity index (χ3n) is 18.2. The number of aryl methyl sites for hydroxylation is 2. The molecule has 4 N–H and O–H groups in total. The summed E-state index contributed by atoms with van der Waals surface area (Å²) in [7, 11) is 0. The lowest BCUT2D eigenvalue weighted by molar-refractivity contribution is -0.141. The Labute approximate surface area is 486 Å². The quantitative estimate of drug-likeness (QED) is 0.0672. The van der Waals surface area contributed by atoms with Gasteiger partial charge >= 0.3 is 6.01 Å². The number of aliphatic hydroxyl groups is 1. The lowest BCUT2D eigenvalue weighted by Gasteiger charge is -2.40. The highest BCUT2D eigenvalue weighted by Gasteiger charge is 2.44. The van der Waals surface area contributed by atoms with Crippen molar-refractivity contribution in [2.45, 2.75) is 134 Å². The van der Waals surface area contributed by atoms with Crippen molar-refractivity contribution in [3.05, 3.63) is 101 Å². The van der Waals surface area contributed by atoms with Gasteiger partial charge in [0.1, 0.15) is 47.0 Å². The van der Waals surface area contributed by atoms with Crippen LogP contribution in [0.2, 0.25) is 0 Å². The summed E-state index contributed by atoms with van der Waals surface area (Å²) in [6, 6.07) is 18.5. The number of halogens is 2. The molecule has 5 fully saturated rings. The van der Waals surface area contributed by atoms with E-state index in [4.69, 9.17) is 24.2 Å². The number of hydrogen-bond donors (Lipinski definition) is 4. The van der Waals surface area contributed by atoms with Crippen LogP contribution in [0.15, 0.2) is 76.9 Å². The van der Waals surface area contributed by atoms with Gasteiger partial charge in [-0.05, 0) is 117 Å². The number of anilines is 2. The van der Waals surface area contributed by atoms with Crippen LogP contribution in [0.3, 0.4) is 0 Å². The monoisotopic (exact) mass is 1150 g/mol. The first-order valence-corrected chi connectivity index (χ1v) is 30.6. The number of alkyl halides is 1. The average molecular weight is 1150 g/mol. The van der Waals surface area contributed by atoms with Crippen molar-refractivity contribution in [1.82, 2.24) is 45.5 Å². The van der Waals surface area contributed by atoms with E-state index >= 15 is 8.78 Å². The van der Waals surface area contributed by atoms with Crippen LogP contribution < -0.4 is 25.2 Å². The minimum absolute atomic E-state index is 0.0228. The number of aromatic hydroxyl groups is 1. The maximum Gasteiger partial charge on any atom is 0.319 e. The summed E-state index contributed by atoms with van der Waals surface area (Å²) in [5, 5.41) is 34.9. The van der Waals surface area contributed by atoms with E-state index in [-0.39, 0.29) is 72.2 Å². The highest BCUT2D eigenvalue weighted by atomic mass is 32.1. The summed E-state index contributed by atoms with van der Waals surface area (Å²) in [4.78, 5) is 56.1. The zero-order valence-corrected chi connectivity index (χ0v) is 48.8. The van der Waals surface area contributed by atoms with Gasteiger partial charge in [0, 0.05) is 88.7 Å². The molecule has 3 aromatic carbocycles. The third-order valence-corrected chi connectivity index (χ3v) is 19.2. The van der Waals surface area contributed by atoms with Gasteiger partial charge in [-0.25, -0.2) is 13.8 Å². The molecule has 5 aliphatic heterocycles. The molecule has 12 rings (SSSR count). The second-order valence-electron chi connectivity index (χ2n) is 24.2. The number of hydrogen-bond acceptors (Lipinski definition) is 16. The zero-order chi connectivity index (χ0) is 57.7. The van der Waals surface area contributed by atoms with E-state index in [1.165, 1.54) is 4.90 Å². The molecule has 0 saturated carbocycles. The van der Waals surface area contributed by atoms with Crippen molar-refractivity contribution in [3.63, 3.8) is 0 Å². The molecule has 83 heavy (non-hydrogen) atoms. The summed E-state index contributed by atoms with van der Waals surface area (Å²) >= 11 is 1.59. The number of nitrogens with zero attached hydrogens (tertiary/aromatic N) is 9. The first-order valence-electron chi connectivity index (χ1n) is 29.8. The van der Waals surface area contributed by atoms with E-state index in [0.29, 0.717) is 92.4 Å². The molecule has 17 nitrogen and oxygen atoms in total. The summed E-state index contributed by atoms with van der Waals surface area (Å²) in [5.74, 6) is -0.275. The number of rotatable bonds is 17. The van der Waals surface area contributed by atoms with Gasteiger partial charge in [-0.3, -0.25) is 19.5 Å². The predicted octanol–water partition coefficient (Wildman–Crippen LogP) is 9.68. The topological polar surface area (TPSA) is 198 Å². The second kappa shape index (κ2) is 23.6. The van der Waals surface area contributed by atoms with Crippen LogP contribution in [0.1, 0.15) is 114 Å². The molecular weight excluding hydrogens is 1080 g/mol. The van der Waals surface area contributed by atoms with E-state index in [2.05, 4.69) is 42.4 Å². The van der Waals surface area contributed by atoms with Gasteiger partial charge in [-0.15, -0.1) is 11.3 Å². The van der Waals surface area contributed by atoms with Crippen molar-refractivity contribution in [1.29, 1.82) is 0 Å². The SMILES string of the molecule is CCc1cccc2cc(O)cc(-c3ncc4c(N5CC6CCC(C5)N6)nc(OCCN5CCC(F)(CC6CCN(c7cc(C(C(=O)N8C[C@H](O)C[C@H]8C(=O)NC(C)c8ccc(-c9scnc9C)cc8)C(C)C)on7)CC6)CC5)nc4c3F)c12. The molecule has 0 aliphatic carbocycles. The molecule has 2 bridgehead atoms. The van der Waals surface area contributed by atoms with Crippen LogP contribution >= 0.6 is 11.3 Å². The van der Waals surface area contributed by atoms with Gasteiger partial charge in [0.25, 0.3) is 0 Å². The summed E-state index contributed by atoms with van der Waals surface area (Å²) in [6.45, 7) is 14.6. The van der Waals surface area contributed by atoms with Crippen molar-refractivity contribution in [2.24, 2.45) is 11.8 Å². The van der Waals surface area contributed by atoms with Gasteiger partial charge in [-0.2, -0.15) is 9.97 Å². The van der Waals surface area contributed by atoms with Crippen LogP contribution in [0.4, 0.5) is 20.4 Å². The number of aromatic nitrogens is 5. The fraction of sp³-hybridized carbons (Fsp3) is 0.508. The number of likely N-dealkylation sites (tertiary alicyclic amines) is 2. The fourth-order valence-electron chi connectivity index (χ4n) is 13.7. The molecule has 5 aliphatic rings. The number of fused-ring (bicyclic) bond motifs is 4. The first kappa shape index (κ1) is 56.6. The Kier molecular flexibility index (Phi) is 16.1. The fourth-order valence-corrected chi connectivity index (χ4v) is 14.5. The number of β-amino-alcohol motifs (C(OH)–C–C–N with tert-alkyl or cyclic N) is 1. The highest BCUT2D eigenvalue weighted by molar-refractivity contribution is 7.13. The molecule has 2 amide bonds. The van der Waals surface area contributed by atoms with E-state index in [9.17, 15) is 19.8 Å². The van der Waals surface area contributed by atoms with Gasteiger partial charge in [0.2, 0.25) is 11.8 Å². The third kappa shape index (κ3) is 11.7. The first-order chi connectivity index (χ1) is 40.1. The number of thiazole rings is 1. The Bertz CT molecular complexity index is 3480. The van der Waals surface area contributed by atoms with E-state index in [1.54, 1.807) is 29.7 Å². The number of amides is 2. The molecule has 6 atom stereocenters. The molecule has 5 saturated heterocycles. The normalized spacial score (nSPS) is 22.0. The maximum absolute atomic E-state index is 17.1. The lowest BCUT2D eigenvalue weighted by Crippen LogP contribution is -2.51. The number of phenols is 1. The van der Waals surface area contributed by atoms with Crippen molar-refractivity contribution < 1.29 is 37.8 Å². The average Bonchev–Trinajstić information content (AvgIpc) is 3.09. The van der Waals surface area contributed by atoms with Gasteiger partial charge in [0.05, 0.1) is 33.6 Å². The highest BCUT2D eigenvalue weighted by Crippen LogP contribution is 2.42. The molecular formula is C63H75F2N11O6S. The van der Waals surface area contributed by atoms with E-state index in [0.717, 1.165) is 83.2 Å². The summed E-state index contributed by atoms with van der Waals surface area (Å²) in [6.07, 6.45) is 6.68. The molecule has 0 spiro atoms. The zero-order valence-electron chi connectivity index (χ0n) is 48.0. The minimum atomic E-state index is -1.29. The smallest absolute Gasteiger partial charge is 0.319 e. The van der Waals surface area contributed by atoms with Crippen LogP contribution in [0, 0.1) is 24.6 Å². The number of phenolic OH excluding ortho intramolecular Hbond substituents is 1. The van der Waals surface area contributed by atoms with Gasteiger partial charge in [-0.1, -0.05) is 68.4 Å². The predicted molar refractivity (Wildman–Crippen MR) is 317 cm³/mol. The molecule has 4 aromatic heterocycles. The number of carbonyl (C=O) groups is 2. The van der Waals surface area contributed by atoms with Gasteiger partial charge < -0.3 is 44.8 Å². The second-order valence-corrected chi connectivity index (χ2v) is 25.1. The van der Waals surface area contributed by atoms with Crippen molar-refractivity contribution in [2.75, 3.05) is 68.8 Å². The molecule has 0 radical (unpaired) electrons. The Hall–Kier alpha value is -6.87. The van der Waals surface area contributed by atoms with Crippen LogP contribution in [0.5, 0.6) is 11.8 Å². The number of aliphatic hydroxyl groups excluding tert-OH is 1. The molecule has 20 heteroatoms. The lowest BCUT2D eigenvalue weighted by atomic mass is 9.80. The largest absolute Gasteiger partial charge is 0.508 e. The number of carbonyl (C=O) groups excluding carboxylic acids is 2. The van der Waals surface area contributed by atoms with Crippen LogP contribution in [0.25, 0.3) is 43.4 Å². The Morgan fingerprint density at radius 3 is 2.42 bits per heavy atom. The summed E-state index contributed by atoms with van der Waals surface area (Å²) < 4.78 is 46.1. The van der Waals surface area contributed by atoms with Crippen LogP contribution in [-0.4, -0.2) is 146 Å². The standard InChI is InChI=1S/C63H75F2N11O6S/c1-6-40-8-7-9-43-26-46(77)27-48(54(40)43)56-55(64)57-49(31-66-56)59(75-32-44-14-15-45(33-75)69-44)71-62(70-57)81-25-24-73-22-18-63(65,19-23-73)30-39-16-20-74(21-17-39)52-29-51(82-72-52)53(36(2)3)61(80)76-34-47(78)28-50(76)60(79)68-37(4)41-10-12-42(13-11-41)58-38(5)67-35-83-58/h7-13,26-27,29,31,35-37,39,44-45,47,50,53,69,77-78H,6,14-25,28,30,32-34H2,1-5H3,(H,68,79)/t37?,44?,45?,47-,50+,53?/m1/s1. The Morgan fingerprint density at radius 2 is 1.71 bits per heavy atom. The summed E-state index contributed by atoms with van der Waals surface area (Å²) in [5.41, 5.74) is 5.22. The number of nitrogens with one attached hydrogen (secondary N) is 2. The van der Waals surface area contributed by atoms with Crippen LogP contribution in [-0.2, 0) is 16.0 Å². The Balaban J connectivity index is 0.643. The number of ether oxygens (including phenoxy) is 1. The van der Waals surface area contributed by atoms with Crippen molar-refractivity contribution in [3.8, 4) is 33.5 Å². The number of piperidine rings is 2. The minimum Gasteiger partial charge on any atom is -0.508 e. The maximum atomic E-state index is 17.1. The molecule has 7 aromatic rings. The van der Waals surface area contributed by atoms with E-state index < -0.39 is 29.5 Å².